The van der Waals surface area contributed by atoms with Crippen molar-refractivity contribution in [2.45, 2.75) is 82.4 Å². The summed E-state index contributed by atoms with van der Waals surface area (Å²) in [4.78, 5) is 64.8. The Bertz CT molecular complexity index is 2400. The van der Waals surface area contributed by atoms with Gasteiger partial charge in [0, 0.05) is 72.0 Å². The maximum Gasteiger partial charge on any atom is 0.262 e. The minimum Gasteiger partial charge on any atom is -0.371 e. The molecule has 7 rings (SSSR count). The molecule has 1 atom stereocenters. The van der Waals surface area contributed by atoms with Crippen molar-refractivity contribution in [3.8, 4) is 0 Å². The molecule has 0 saturated carbocycles. The number of piperidine rings is 2. The first-order chi connectivity index (χ1) is 27.5. The van der Waals surface area contributed by atoms with Crippen molar-refractivity contribution >= 4 is 62.5 Å². The van der Waals surface area contributed by atoms with Crippen LogP contribution in [0.15, 0.2) is 71.8 Å². The fraction of sp³-hybridized carbons (Fsp3) is 0.366. The van der Waals surface area contributed by atoms with E-state index in [0.29, 0.717) is 17.5 Å². The van der Waals surface area contributed by atoms with E-state index >= 15 is 4.39 Å². The number of sulfonamides is 1. The van der Waals surface area contributed by atoms with Gasteiger partial charge in [0.1, 0.15) is 17.7 Å². The zero-order valence-corrected chi connectivity index (χ0v) is 33.7. The summed E-state index contributed by atoms with van der Waals surface area (Å²) < 4.78 is 43.8. The summed E-state index contributed by atoms with van der Waals surface area (Å²) >= 11 is 0. The van der Waals surface area contributed by atoms with Gasteiger partial charge in [0.15, 0.2) is 0 Å². The molecule has 304 valence electrons. The highest BCUT2D eigenvalue weighted by Crippen LogP contribution is 2.32. The highest BCUT2D eigenvalue weighted by atomic mass is 32.2. The largest absolute Gasteiger partial charge is 0.371 e. The van der Waals surface area contributed by atoms with Gasteiger partial charge in [0.05, 0.1) is 16.0 Å². The van der Waals surface area contributed by atoms with Crippen LogP contribution < -0.4 is 25.6 Å². The van der Waals surface area contributed by atoms with Crippen molar-refractivity contribution in [2.75, 3.05) is 35.7 Å². The number of nitrogens with zero attached hydrogens (tertiary/aromatic N) is 5. The number of nitrogens with one attached hydrogen (secondary N) is 4. The molecular weight excluding hydrogens is 766 g/mol. The SMILES string of the molecule is Cc1cnc(Nc2ccc(N3CCC(N(C)Cc4cc5c(cc4F)C(=O)N(C4CCC(=O)NC4=O)C5=O)CC3)cc2)nc1Nc1cccc(S(=O)(=O)NC(C)(C)C)c1. The Morgan fingerprint density at radius 2 is 1.60 bits per heavy atom. The van der Waals surface area contributed by atoms with Gasteiger partial charge in [-0.1, -0.05) is 6.07 Å². The molecule has 4 amide bonds. The second kappa shape index (κ2) is 15.9. The van der Waals surface area contributed by atoms with E-state index in [0.717, 1.165) is 53.8 Å². The number of rotatable bonds is 11. The average Bonchev–Trinajstić information content (AvgIpc) is 3.40. The van der Waals surface area contributed by atoms with Crippen molar-refractivity contribution in [2.24, 2.45) is 0 Å². The van der Waals surface area contributed by atoms with Crippen molar-refractivity contribution in [1.82, 2.24) is 29.8 Å². The zero-order valence-electron chi connectivity index (χ0n) is 32.9. The second-order valence-corrected chi connectivity index (χ2v) is 17.7. The number of halogens is 1. The summed E-state index contributed by atoms with van der Waals surface area (Å²) in [6, 6.07) is 16.0. The summed E-state index contributed by atoms with van der Waals surface area (Å²) in [6.45, 7) is 8.99. The lowest BCUT2D eigenvalue weighted by Gasteiger charge is -2.38. The van der Waals surface area contributed by atoms with E-state index < -0.39 is 51.0 Å². The molecule has 3 aromatic carbocycles. The maximum atomic E-state index is 15.4. The van der Waals surface area contributed by atoms with Crippen LogP contribution in [0.4, 0.5) is 33.2 Å². The molecule has 4 heterocycles. The van der Waals surface area contributed by atoms with E-state index in [-0.39, 0.29) is 47.0 Å². The third-order valence-electron chi connectivity index (χ3n) is 10.4. The van der Waals surface area contributed by atoms with E-state index in [2.05, 4.69) is 40.4 Å². The zero-order chi connectivity index (χ0) is 41.5. The van der Waals surface area contributed by atoms with Gasteiger partial charge in [-0.2, -0.15) is 4.98 Å². The van der Waals surface area contributed by atoms with E-state index in [4.69, 9.17) is 0 Å². The lowest BCUT2D eigenvalue weighted by molar-refractivity contribution is -0.136. The smallest absolute Gasteiger partial charge is 0.262 e. The van der Waals surface area contributed by atoms with Gasteiger partial charge in [-0.15, -0.1) is 0 Å². The highest BCUT2D eigenvalue weighted by Gasteiger charge is 2.45. The number of carbonyl (C=O) groups excluding carboxylic acids is 4. The number of hydrogen-bond donors (Lipinski definition) is 4. The summed E-state index contributed by atoms with van der Waals surface area (Å²) in [5, 5.41) is 8.64. The van der Waals surface area contributed by atoms with Crippen LogP contribution in [0.3, 0.4) is 0 Å². The van der Waals surface area contributed by atoms with Crippen LogP contribution in [-0.4, -0.2) is 89.6 Å². The topological polar surface area (TPSA) is 186 Å². The van der Waals surface area contributed by atoms with Gasteiger partial charge in [0.2, 0.25) is 27.8 Å². The summed E-state index contributed by atoms with van der Waals surface area (Å²) in [5.41, 5.74) is 2.80. The average molecular weight is 812 g/mol. The Hall–Kier alpha value is -5.78. The minimum atomic E-state index is -3.72. The predicted molar refractivity (Wildman–Crippen MR) is 216 cm³/mol. The molecule has 1 unspecified atom stereocenters. The van der Waals surface area contributed by atoms with Crippen LogP contribution >= 0.6 is 0 Å². The molecule has 0 bridgehead atoms. The number of aromatic nitrogens is 2. The Morgan fingerprint density at radius 3 is 2.28 bits per heavy atom. The third kappa shape index (κ3) is 8.71. The first-order valence-corrected chi connectivity index (χ1v) is 20.5. The number of carbonyl (C=O) groups is 4. The monoisotopic (exact) mass is 811 g/mol. The number of amides is 4. The number of aryl methyl sites for hydroxylation is 1. The molecule has 3 aliphatic heterocycles. The molecule has 17 heteroatoms. The molecule has 58 heavy (non-hydrogen) atoms. The Balaban J connectivity index is 0.936. The fourth-order valence-electron chi connectivity index (χ4n) is 7.47. The van der Waals surface area contributed by atoms with Crippen LogP contribution in [0.25, 0.3) is 0 Å². The molecule has 3 aliphatic rings. The van der Waals surface area contributed by atoms with Crippen LogP contribution in [0.5, 0.6) is 0 Å². The molecular formula is C41H46FN9O6S. The third-order valence-corrected chi connectivity index (χ3v) is 12.2. The molecule has 1 aromatic heterocycles. The first kappa shape index (κ1) is 40.4. The van der Waals surface area contributed by atoms with Crippen LogP contribution in [0, 0.1) is 12.7 Å². The van der Waals surface area contributed by atoms with Gasteiger partial charge >= 0.3 is 0 Å². The predicted octanol–water partition coefficient (Wildman–Crippen LogP) is 4.99. The van der Waals surface area contributed by atoms with Crippen LogP contribution in [0.1, 0.15) is 78.3 Å². The number of hydrogen-bond acceptors (Lipinski definition) is 12. The Kier molecular flexibility index (Phi) is 11.1. The van der Waals surface area contributed by atoms with Gasteiger partial charge < -0.3 is 15.5 Å². The highest BCUT2D eigenvalue weighted by molar-refractivity contribution is 7.89. The normalized spacial score (nSPS) is 17.8. The molecule has 0 radical (unpaired) electrons. The molecule has 4 N–H and O–H groups in total. The van der Waals surface area contributed by atoms with E-state index in [9.17, 15) is 27.6 Å². The fourth-order valence-corrected chi connectivity index (χ4v) is 8.94. The number of imide groups is 2. The van der Waals surface area contributed by atoms with Gasteiger partial charge in [-0.25, -0.2) is 22.5 Å². The lowest BCUT2D eigenvalue weighted by atomic mass is 10.0. The first-order valence-electron chi connectivity index (χ1n) is 19.1. The summed E-state index contributed by atoms with van der Waals surface area (Å²) in [7, 11) is -1.81. The molecule has 2 saturated heterocycles. The Labute approximate surface area is 336 Å². The van der Waals surface area contributed by atoms with Crippen LogP contribution in [-0.2, 0) is 26.2 Å². The van der Waals surface area contributed by atoms with E-state index in [1.165, 1.54) is 6.07 Å². The summed E-state index contributed by atoms with van der Waals surface area (Å²) in [6.07, 6.45) is 3.36. The second-order valence-electron chi connectivity index (χ2n) is 16.0. The van der Waals surface area contributed by atoms with Gasteiger partial charge in [-0.05, 0) is 109 Å². The lowest BCUT2D eigenvalue weighted by Crippen LogP contribution is -2.54. The van der Waals surface area contributed by atoms with Crippen molar-refractivity contribution in [3.63, 3.8) is 0 Å². The molecule has 4 aromatic rings. The number of benzene rings is 3. The summed E-state index contributed by atoms with van der Waals surface area (Å²) in [5.74, 6) is -2.28. The van der Waals surface area contributed by atoms with Crippen molar-refractivity contribution in [3.05, 3.63) is 94.9 Å². The van der Waals surface area contributed by atoms with E-state index in [1.807, 2.05) is 38.2 Å². The quantitative estimate of drug-likeness (QED) is 0.149. The van der Waals surface area contributed by atoms with Crippen molar-refractivity contribution in [1.29, 1.82) is 0 Å². The maximum absolute atomic E-state index is 15.4. The van der Waals surface area contributed by atoms with Gasteiger partial charge in [-0.3, -0.25) is 34.3 Å². The van der Waals surface area contributed by atoms with Crippen molar-refractivity contribution < 1.29 is 32.0 Å². The molecule has 0 spiro atoms. The van der Waals surface area contributed by atoms with Crippen LogP contribution in [0.2, 0.25) is 0 Å². The number of anilines is 5. The van der Waals surface area contributed by atoms with E-state index in [1.54, 1.807) is 51.2 Å². The molecule has 15 nitrogen and oxygen atoms in total. The Morgan fingerprint density at radius 1 is 0.914 bits per heavy atom. The number of fused-ring (bicyclic) bond motifs is 1. The minimum absolute atomic E-state index is 0.00615. The standard InChI is InChI=1S/C41H46FN9O6S/c1-24-22-43-40(47-36(24)44-27-7-6-8-30(20-27)58(56,57)48-41(2,3)4)45-26-9-11-29(12-10-26)50-17-15-28(16-18-50)49(5)23-25-19-31-32(21-33(25)42)39(55)51(38(31)54)34-13-14-35(52)46-37(34)53/h6-12,19-22,28,34,48H,13-18,23H2,1-5H3,(H,46,52,53)(H2,43,44,45,47). The molecule has 0 aliphatic carbocycles. The van der Waals surface area contributed by atoms with Gasteiger partial charge in [0.25, 0.3) is 11.8 Å². The molecule has 2 fully saturated rings.